The molecule has 1 N–H and O–H groups in total. The Labute approximate surface area is 146 Å². The normalized spacial score (nSPS) is 17.6. The molecule has 132 valence electrons. The van der Waals surface area contributed by atoms with Crippen LogP contribution in [0.4, 0.5) is 0 Å². The van der Waals surface area contributed by atoms with Gasteiger partial charge in [-0.3, -0.25) is 9.59 Å². The van der Waals surface area contributed by atoms with E-state index in [4.69, 9.17) is 4.52 Å². The molecule has 1 saturated heterocycles. The van der Waals surface area contributed by atoms with Crippen molar-refractivity contribution in [2.24, 2.45) is 5.92 Å². The van der Waals surface area contributed by atoms with Crippen molar-refractivity contribution in [1.29, 1.82) is 0 Å². The van der Waals surface area contributed by atoms with E-state index in [1.54, 1.807) is 4.90 Å². The van der Waals surface area contributed by atoms with Gasteiger partial charge in [-0.05, 0) is 25.5 Å². The molecule has 2 amide bonds. The van der Waals surface area contributed by atoms with Gasteiger partial charge in [0, 0.05) is 38.0 Å². The fourth-order valence-electron chi connectivity index (χ4n) is 2.93. The van der Waals surface area contributed by atoms with Gasteiger partial charge >= 0.3 is 0 Å². The van der Waals surface area contributed by atoms with Crippen molar-refractivity contribution in [3.63, 3.8) is 0 Å². The zero-order valence-electron chi connectivity index (χ0n) is 14.3. The van der Waals surface area contributed by atoms with Crippen LogP contribution in [-0.4, -0.2) is 46.5 Å². The van der Waals surface area contributed by atoms with Gasteiger partial charge in [0.2, 0.25) is 11.8 Å². The molecule has 1 aromatic heterocycles. The lowest BCUT2D eigenvalue weighted by Crippen LogP contribution is -2.45. The number of hydrogen-bond acceptors (Lipinski definition) is 5. The van der Waals surface area contributed by atoms with E-state index in [1.807, 2.05) is 37.3 Å². The van der Waals surface area contributed by atoms with E-state index in [9.17, 15) is 9.59 Å². The van der Waals surface area contributed by atoms with Crippen molar-refractivity contribution in [3.8, 4) is 11.5 Å². The van der Waals surface area contributed by atoms with Crippen molar-refractivity contribution >= 4 is 11.8 Å². The van der Waals surface area contributed by atoms with E-state index in [1.165, 1.54) is 0 Å². The first kappa shape index (κ1) is 17.1. The van der Waals surface area contributed by atoms with E-state index in [-0.39, 0.29) is 17.7 Å². The minimum absolute atomic E-state index is 0.0160. The van der Waals surface area contributed by atoms with Crippen molar-refractivity contribution in [2.45, 2.75) is 26.2 Å². The van der Waals surface area contributed by atoms with Crippen LogP contribution >= 0.6 is 0 Å². The summed E-state index contributed by atoms with van der Waals surface area (Å²) in [5.74, 6) is 1.02. The monoisotopic (exact) mass is 342 g/mol. The number of aromatic nitrogens is 2. The van der Waals surface area contributed by atoms with Crippen LogP contribution in [0.2, 0.25) is 0 Å². The zero-order chi connectivity index (χ0) is 17.6. The van der Waals surface area contributed by atoms with Crippen LogP contribution in [0.15, 0.2) is 34.9 Å². The Morgan fingerprint density at radius 2 is 2.16 bits per heavy atom. The number of piperidine rings is 1. The first-order valence-electron chi connectivity index (χ1n) is 8.61. The second-order valence-corrected chi connectivity index (χ2v) is 6.09. The lowest BCUT2D eigenvalue weighted by Gasteiger charge is -2.30. The van der Waals surface area contributed by atoms with Crippen LogP contribution in [-0.2, 0) is 16.0 Å². The molecule has 1 unspecified atom stereocenters. The standard InChI is InChI=1S/C18H22N4O3/c1-2-22-12-14(8-9-16(22)23)17(24)19-11-10-15-20-18(25-21-15)13-6-4-3-5-7-13/h3-7,14H,2,8-12H2,1H3,(H,19,24). The van der Waals surface area contributed by atoms with Crippen molar-refractivity contribution in [1.82, 2.24) is 20.4 Å². The average molecular weight is 342 g/mol. The highest BCUT2D eigenvalue weighted by Gasteiger charge is 2.29. The summed E-state index contributed by atoms with van der Waals surface area (Å²) in [6.07, 6.45) is 1.56. The average Bonchev–Trinajstić information content (AvgIpc) is 3.11. The molecule has 1 aliphatic rings. The summed E-state index contributed by atoms with van der Waals surface area (Å²) in [5.41, 5.74) is 0.872. The molecule has 1 fully saturated rings. The lowest BCUT2D eigenvalue weighted by molar-refractivity contribution is -0.138. The summed E-state index contributed by atoms with van der Waals surface area (Å²) in [4.78, 5) is 30.0. The summed E-state index contributed by atoms with van der Waals surface area (Å²) in [6.45, 7) is 3.52. The highest BCUT2D eigenvalue weighted by Crippen LogP contribution is 2.18. The molecule has 1 atom stereocenters. The lowest BCUT2D eigenvalue weighted by atomic mass is 9.96. The molecule has 2 heterocycles. The van der Waals surface area contributed by atoms with E-state index in [0.29, 0.717) is 50.6 Å². The van der Waals surface area contributed by atoms with Gasteiger partial charge in [0.1, 0.15) is 0 Å². The molecule has 0 saturated carbocycles. The smallest absolute Gasteiger partial charge is 0.257 e. The molecule has 3 rings (SSSR count). The Hall–Kier alpha value is -2.70. The Balaban J connectivity index is 1.47. The Morgan fingerprint density at radius 1 is 1.36 bits per heavy atom. The van der Waals surface area contributed by atoms with E-state index in [2.05, 4.69) is 15.5 Å². The maximum atomic E-state index is 12.3. The van der Waals surface area contributed by atoms with Gasteiger partial charge in [-0.15, -0.1) is 0 Å². The maximum absolute atomic E-state index is 12.3. The number of nitrogens with zero attached hydrogens (tertiary/aromatic N) is 3. The molecule has 7 heteroatoms. The highest BCUT2D eigenvalue weighted by molar-refractivity contribution is 5.83. The molecule has 0 bridgehead atoms. The van der Waals surface area contributed by atoms with Crippen molar-refractivity contribution in [2.75, 3.05) is 19.6 Å². The fourth-order valence-corrected chi connectivity index (χ4v) is 2.93. The van der Waals surface area contributed by atoms with Crippen molar-refractivity contribution in [3.05, 3.63) is 36.2 Å². The molecular weight excluding hydrogens is 320 g/mol. The van der Waals surface area contributed by atoms with Crippen LogP contribution in [0.25, 0.3) is 11.5 Å². The number of likely N-dealkylation sites (tertiary alicyclic amines) is 1. The number of rotatable bonds is 6. The predicted molar refractivity (Wildman–Crippen MR) is 91.4 cm³/mol. The first-order valence-corrected chi connectivity index (χ1v) is 8.61. The van der Waals surface area contributed by atoms with E-state index < -0.39 is 0 Å². The summed E-state index contributed by atoms with van der Waals surface area (Å²) in [5, 5.41) is 6.86. The van der Waals surface area contributed by atoms with Crippen LogP contribution in [0.5, 0.6) is 0 Å². The number of nitrogens with one attached hydrogen (secondary N) is 1. The second-order valence-electron chi connectivity index (χ2n) is 6.09. The van der Waals surface area contributed by atoms with Crippen LogP contribution in [0.3, 0.4) is 0 Å². The van der Waals surface area contributed by atoms with Crippen molar-refractivity contribution < 1.29 is 14.1 Å². The molecule has 1 aromatic carbocycles. The van der Waals surface area contributed by atoms with Gasteiger partial charge < -0.3 is 14.7 Å². The molecule has 7 nitrogen and oxygen atoms in total. The van der Waals surface area contributed by atoms with E-state index in [0.717, 1.165) is 5.56 Å². The first-order chi connectivity index (χ1) is 12.2. The Kier molecular flexibility index (Phi) is 5.42. The molecule has 1 aliphatic heterocycles. The van der Waals surface area contributed by atoms with Gasteiger partial charge in [0.25, 0.3) is 5.89 Å². The van der Waals surface area contributed by atoms with Gasteiger partial charge in [0.05, 0.1) is 5.92 Å². The quantitative estimate of drug-likeness (QED) is 0.862. The van der Waals surface area contributed by atoms with Gasteiger partial charge in [0.15, 0.2) is 5.82 Å². The van der Waals surface area contributed by atoms with Crippen LogP contribution in [0.1, 0.15) is 25.6 Å². The molecule has 0 spiro atoms. The number of hydrogen-bond donors (Lipinski definition) is 1. The highest BCUT2D eigenvalue weighted by atomic mass is 16.5. The minimum Gasteiger partial charge on any atom is -0.355 e. The van der Waals surface area contributed by atoms with Crippen LogP contribution in [0, 0.1) is 5.92 Å². The molecule has 0 aliphatic carbocycles. The SMILES string of the molecule is CCN1CC(C(=O)NCCc2noc(-c3ccccc3)n2)CCC1=O. The third-order valence-electron chi connectivity index (χ3n) is 4.39. The Morgan fingerprint density at radius 3 is 2.92 bits per heavy atom. The van der Waals surface area contributed by atoms with E-state index >= 15 is 0 Å². The molecular formula is C18H22N4O3. The second kappa shape index (κ2) is 7.92. The number of carbonyl (C=O) groups excluding carboxylic acids is 2. The topological polar surface area (TPSA) is 88.3 Å². The van der Waals surface area contributed by atoms with Gasteiger partial charge in [-0.2, -0.15) is 4.98 Å². The number of benzene rings is 1. The number of amides is 2. The molecule has 0 radical (unpaired) electrons. The number of carbonyl (C=O) groups is 2. The summed E-state index contributed by atoms with van der Waals surface area (Å²) >= 11 is 0. The molecule has 25 heavy (non-hydrogen) atoms. The Bertz CT molecular complexity index is 729. The maximum Gasteiger partial charge on any atom is 0.257 e. The molecule has 2 aromatic rings. The zero-order valence-corrected chi connectivity index (χ0v) is 14.3. The summed E-state index contributed by atoms with van der Waals surface area (Å²) < 4.78 is 5.25. The third-order valence-corrected chi connectivity index (χ3v) is 4.39. The predicted octanol–water partition coefficient (Wildman–Crippen LogP) is 1.65. The summed E-state index contributed by atoms with van der Waals surface area (Å²) in [6, 6.07) is 9.56. The van der Waals surface area contributed by atoms with Gasteiger partial charge in [-0.25, -0.2) is 0 Å². The summed E-state index contributed by atoms with van der Waals surface area (Å²) in [7, 11) is 0. The minimum atomic E-state index is -0.136. The largest absolute Gasteiger partial charge is 0.355 e. The third kappa shape index (κ3) is 4.23. The van der Waals surface area contributed by atoms with Gasteiger partial charge in [-0.1, -0.05) is 23.4 Å². The van der Waals surface area contributed by atoms with Crippen LogP contribution < -0.4 is 5.32 Å². The fraction of sp³-hybridized carbons (Fsp3) is 0.444.